The number of halogens is 1. The number of hydrogen-bond donors (Lipinski definition) is 2. The van der Waals surface area contributed by atoms with Crippen LogP contribution in [0.4, 0.5) is 0 Å². The molecule has 0 aliphatic carbocycles. The normalized spacial score (nSPS) is 19.4. The number of benzene rings is 1. The molecule has 182 valence electrons. The van der Waals surface area contributed by atoms with Crippen molar-refractivity contribution in [3.05, 3.63) is 35.4 Å². The number of hydrogen-bond acceptors (Lipinski definition) is 5. The third-order valence-corrected chi connectivity index (χ3v) is 6.06. The highest BCUT2D eigenvalue weighted by atomic mass is 127. The molecule has 0 saturated carbocycles. The van der Waals surface area contributed by atoms with E-state index in [0.717, 1.165) is 78.2 Å². The van der Waals surface area contributed by atoms with Gasteiger partial charge in [0.2, 0.25) is 0 Å². The zero-order chi connectivity index (χ0) is 21.9. The van der Waals surface area contributed by atoms with Gasteiger partial charge in [0.05, 0.1) is 33.0 Å². The van der Waals surface area contributed by atoms with E-state index in [1.807, 2.05) is 0 Å². The van der Waals surface area contributed by atoms with Gasteiger partial charge in [-0.2, -0.15) is 0 Å². The minimum atomic E-state index is 0. The fourth-order valence-electron chi connectivity index (χ4n) is 4.18. The van der Waals surface area contributed by atoms with Crippen molar-refractivity contribution in [2.24, 2.45) is 10.9 Å². The predicted molar refractivity (Wildman–Crippen MR) is 142 cm³/mol. The van der Waals surface area contributed by atoms with Crippen LogP contribution in [0.25, 0.3) is 0 Å². The molecule has 2 aliphatic heterocycles. The zero-order valence-electron chi connectivity index (χ0n) is 20.0. The molecule has 0 amide bonds. The molecule has 1 unspecified atom stereocenters. The average Bonchev–Trinajstić information content (AvgIpc) is 2.80. The number of rotatable bonds is 9. The summed E-state index contributed by atoms with van der Waals surface area (Å²) in [5.41, 5.74) is 2.58. The van der Waals surface area contributed by atoms with Crippen molar-refractivity contribution < 1.29 is 9.47 Å². The first-order valence-electron chi connectivity index (χ1n) is 11.9. The fraction of sp³-hybridized carbons (Fsp3) is 0.708. The number of nitrogens with one attached hydrogen (secondary N) is 2. The van der Waals surface area contributed by atoms with E-state index in [4.69, 9.17) is 14.5 Å². The van der Waals surface area contributed by atoms with E-state index >= 15 is 0 Å². The van der Waals surface area contributed by atoms with Crippen molar-refractivity contribution in [1.82, 2.24) is 20.4 Å². The molecule has 8 heteroatoms. The summed E-state index contributed by atoms with van der Waals surface area (Å²) < 4.78 is 11.0. The molecule has 32 heavy (non-hydrogen) atoms. The van der Waals surface area contributed by atoms with Crippen LogP contribution in [0.1, 0.15) is 31.9 Å². The summed E-state index contributed by atoms with van der Waals surface area (Å²) in [6.45, 7) is 17.5. The minimum absolute atomic E-state index is 0. The molecule has 1 aromatic carbocycles. The van der Waals surface area contributed by atoms with Crippen molar-refractivity contribution in [1.29, 1.82) is 0 Å². The summed E-state index contributed by atoms with van der Waals surface area (Å²) in [7, 11) is 0. The lowest BCUT2D eigenvalue weighted by Gasteiger charge is -2.37. The van der Waals surface area contributed by atoms with Crippen LogP contribution in [0.2, 0.25) is 0 Å². The van der Waals surface area contributed by atoms with Crippen molar-refractivity contribution >= 4 is 29.9 Å². The van der Waals surface area contributed by atoms with E-state index < -0.39 is 0 Å². The molecular weight excluding hydrogens is 517 g/mol. The minimum Gasteiger partial charge on any atom is -0.379 e. The summed E-state index contributed by atoms with van der Waals surface area (Å²) in [5.74, 6) is 1.46. The highest BCUT2D eigenvalue weighted by Gasteiger charge is 2.23. The van der Waals surface area contributed by atoms with E-state index in [-0.39, 0.29) is 24.0 Å². The van der Waals surface area contributed by atoms with Gasteiger partial charge in [0.15, 0.2) is 5.96 Å². The summed E-state index contributed by atoms with van der Waals surface area (Å²) >= 11 is 0. The van der Waals surface area contributed by atoms with E-state index in [1.165, 1.54) is 11.1 Å². The third kappa shape index (κ3) is 9.13. The van der Waals surface area contributed by atoms with E-state index in [2.05, 4.69) is 65.5 Å². The molecule has 1 atom stereocenters. The molecule has 2 heterocycles. The van der Waals surface area contributed by atoms with Gasteiger partial charge in [-0.3, -0.25) is 9.80 Å². The van der Waals surface area contributed by atoms with Gasteiger partial charge in [-0.25, -0.2) is 4.99 Å². The quantitative estimate of drug-likeness (QED) is 0.276. The van der Waals surface area contributed by atoms with Gasteiger partial charge in [-0.05, 0) is 24.0 Å². The second-order valence-electron chi connectivity index (χ2n) is 8.74. The van der Waals surface area contributed by atoms with Crippen LogP contribution in [0.15, 0.2) is 29.3 Å². The smallest absolute Gasteiger partial charge is 0.191 e. The second kappa shape index (κ2) is 15.1. The number of nitrogens with zero attached hydrogens (tertiary/aromatic N) is 3. The summed E-state index contributed by atoms with van der Waals surface area (Å²) in [6, 6.07) is 9.34. The topological polar surface area (TPSA) is 61.4 Å². The van der Waals surface area contributed by atoms with Gasteiger partial charge in [-0.1, -0.05) is 38.1 Å². The largest absolute Gasteiger partial charge is 0.379 e. The highest BCUT2D eigenvalue weighted by Crippen LogP contribution is 2.13. The zero-order valence-corrected chi connectivity index (χ0v) is 22.3. The van der Waals surface area contributed by atoms with Crippen LogP contribution in [-0.4, -0.2) is 87.5 Å². The Morgan fingerprint density at radius 1 is 0.938 bits per heavy atom. The molecule has 2 saturated heterocycles. The Hall–Kier alpha value is -0.940. The first-order chi connectivity index (χ1) is 15.2. The van der Waals surface area contributed by atoms with Gasteiger partial charge in [0.1, 0.15) is 0 Å². The SMILES string of the molecule is CCNC(=NCc1ccc(CN2CCOCC2)cc1)NCC(C(C)C)N1CCOCC1.I. The average molecular weight is 560 g/mol. The summed E-state index contributed by atoms with van der Waals surface area (Å²) in [4.78, 5) is 9.82. The lowest BCUT2D eigenvalue weighted by molar-refractivity contribution is 0.00752. The van der Waals surface area contributed by atoms with Crippen molar-refractivity contribution in [2.75, 3.05) is 65.7 Å². The molecular formula is C24H42IN5O2. The maximum absolute atomic E-state index is 5.53. The number of aliphatic imine (C=N–C) groups is 1. The van der Waals surface area contributed by atoms with Crippen molar-refractivity contribution in [3.8, 4) is 0 Å². The van der Waals surface area contributed by atoms with Crippen LogP contribution in [-0.2, 0) is 22.6 Å². The van der Waals surface area contributed by atoms with E-state index in [9.17, 15) is 0 Å². The maximum Gasteiger partial charge on any atom is 0.191 e. The lowest BCUT2D eigenvalue weighted by Crippen LogP contribution is -2.52. The molecule has 2 N–H and O–H groups in total. The fourth-order valence-corrected chi connectivity index (χ4v) is 4.18. The Balaban J connectivity index is 0.00000363. The van der Waals surface area contributed by atoms with Gasteiger partial charge >= 0.3 is 0 Å². The molecule has 3 rings (SSSR count). The first kappa shape index (κ1) is 27.3. The molecule has 1 aromatic rings. The van der Waals surface area contributed by atoms with Gasteiger partial charge in [0.25, 0.3) is 0 Å². The van der Waals surface area contributed by atoms with Crippen LogP contribution < -0.4 is 10.6 Å². The number of morpholine rings is 2. The molecule has 7 nitrogen and oxygen atoms in total. The van der Waals surface area contributed by atoms with E-state index in [1.54, 1.807) is 0 Å². The Labute approximate surface area is 211 Å². The molecule has 2 aliphatic rings. The van der Waals surface area contributed by atoms with Crippen LogP contribution in [0.5, 0.6) is 0 Å². The summed E-state index contributed by atoms with van der Waals surface area (Å²) in [5, 5.41) is 6.97. The standard InChI is InChI=1S/C24H41N5O2.HI/c1-4-25-24(27-18-23(20(2)3)29-11-15-31-16-12-29)26-17-21-5-7-22(8-6-21)19-28-9-13-30-14-10-28;/h5-8,20,23H,4,9-19H2,1-3H3,(H2,25,26,27);1H. The number of guanidine groups is 1. The highest BCUT2D eigenvalue weighted by molar-refractivity contribution is 14.0. The molecule has 0 spiro atoms. The van der Waals surface area contributed by atoms with Crippen LogP contribution >= 0.6 is 24.0 Å². The third-order valence-electron chi connectivity index (χ3n) is 6.06. The number of ether oxygens (including phenoxy) is 2. The van der Waals surface area contributed by atoms with Gasteiger partial charge in [-0.15, -0.1) is 24.0 Å². The summed E-state index contributed by atoms with van der Waals surface area (Å²) in [6.07, 6.45) is 0. The van der Waals surface area contributed by atoms with Gasteiger partial charge < -0.3 is 20.1 Å². The van der Waals surface area contributed by atoms with Crippen LogP contribution in [0, 0.1) is 5.92 Å². The van der Waals surface area contributed by atoms with E-state index in [0.29, 0.717) is 18.5 Å². The van der Waals surface area contributed by atoms with Crippen LogP contribution in [0.3, 0.4) is 0 Å². The van der Waals surface area contributed by atoms with Crippen molar-refractivity contribution in [3.63, 3.8) is 0 Å². The Morgan fingerprint density at radius 3 is 2.12 bits per heavy atom. The molecule has 0 aromatic heterocycles. The first-order valence-corrected chi connectivity index (χ1v) is 11.9. The molecule has 0 bridgehead atoms. The second-order valence-corrected chi connectivity index (χ2v) is 8.74. The predicted octanol–water partition coefficient (Wildman–Crippen LogP) is 2.55. The van der Waals surface area contributed by atoms with Crippen molar-refractivity contribution in [2.45, 2.75) is 39.9 Å². The Morgan fingerprint density at radius 2 is 1.53 bits per heavy atom. The molecule has 0 radical (unpaired) electrons. The Kier molecular flexibility index (Phi) is 12.8. The lowest BCUT2D eigenvalue weighted by atomic mass is 10.0. The van der Waals surface area contributed by atoms with Gasteiger partial charge in [0, 0.05) is 51.9 Å². The monoisotopic (exact) mass is 559 g/mol. The Bertz CT molecular complexity index is 659. The maximum atomic E-state index is 5.53. The molecule has 2 fully saturated rings.